The molecule has 2 N–H and O–H groups in total. The number of likely N-dealkylation sites (N-methyl/N-ethyl adjacent to an activating group) is 1. The molecular formula is C29H35N7O2. The second kappa shape index (κ2) is 10.7. The Balaban J connectivity index is 1.28. The maximum Gasteiger partial charge on any atom is 0.318 e. The number of benzene rings is 2. The average molecular weight is 514 g/mol. The summed E-state index contributed by atoms with van der Waals surface area (Å²) < 4.78 is 6.20. The number of aromatic hydroxyl groups is 1. The van der Waals surface area contributed by atoms with E-state index in [1.54, 1.807) is 6.07 Å². The molecule has 0 saturated carbocycles. The first-order valence-corrected chi connectivity index (χ1v) is 13.6. The number of fused-ring (bicyclic) bond motifs is 2. The minimum atomic E-state index is 0.112. The van der Waals surface area contributed by atoms with Crippen LogP contribution in [0, 0.1) is 11.3 Å². The van der Waals surface area contributed by atoms with Gasteiger partial charge in [0.2, 0.25) is 0 Å². The van der Waals surface area contributed by atoms with Crippen LogP contribution in [0.5, 0.6) is 11.8 Å². The molecule has 3 aliphatic rings. The number of aromatic nitrogens is 2. The van der Waals surface area contributed by atoms with Crippen LogP contribution < -0.4 is 15.0 Å². The topological polar surface area (TPSA) is 101 Å². The van der Waals surface area contributed by atoms with E-state index >= 15 is 0 Å². The molecule has 0 unspecified atom stereocenters. The second-order valence-corrected chi connectivity index (χ2v) is 10.7. The predicted octanol–water partition coefficient (Wildman–Crippen LogP) is 3.02. The van der Waals surface area contributed by atoms with Crippen LogP contribution in [0.3, 0.4) is 0 Å². The fourth-order valence-corrected chi connectivity index (χ4v) is 6.06. The molecule has 0 spiro atoms. The summed E-state index contributed by atoms with van der Waals surface area (Å²) in [5.74, 6) is 1.23. The molecule has 2 saturated heterocycles. The van der Waals surface area contributed by atoms with E-state index in [9.17, 15) is 10.4 Å². The van der Waals surface area contributed by atoms with E-state index in [4.69, 9.17) is 14.7 Å². The van der Waals surface area contributed by atoms with Crippen LogP contribution >= 0.6 is 0 Å². The highest BCUT2D eigenvalue weighted by atomic mass is 16.5. The van der Waals surface area contributed by atoms with Crippen molar-refractivity contribution in [3.05, 3.63) is 53.2 Å². The van der Waals surface area contributed by atoms with E-state index in [1.165, 1.54) is 6.42 Å². The van der Waals surface area contributed by atoms with E-state index < -0.39 is 0 Å². The van der Waals surface area contributed by atoms with E-state index in [0.717, 1.165) is 66.0 Å². The number of anilines is 1. The van der Waals surface area contributed by atoms with Crippen molar-refractivity contribution < 1.29 is 9.84 Å². The molecule has 9 heteroatoms. The van der Waals surface area contributed by atoms with E-state index in [-0.39, 0.29) is 6.04 Å². The number of ether oxygens (including phenoxy) is 1. The number of nitriles is 1. The summed E-state index contributed by atoms with van der Waals surface area (Å²) in [5.41, 5.74) is 3.04. The lowest BCUT2D eigenvalue weighted by Crippen LogP contribution is -2.51. The SMILES string of the molecule is CN1CCC[C@H]1COc1nc2c(c(N3CCN[C@@H](CC#N)C3)n1)CN(Cc1c(O)ccc3ccccc13)C2. The van der Waals surface area contributed by atoms with Crippen molar-refractivity contribution in [1.82, 2.24) is 25.1 Å². The number of nitrogens with one attached hydrogen (secondary N) is 1. The summed E-state index contributed by atoms with van der Waals surface area (Å²) in [5, 5.41) is 25.6. The van der Waals surface area contributed by atoms with E-state index in [1.807, 2.05) is 18.2 Å². The number of phenolic OH excluding ortho intramolecular Hbond substituents is 1. The molecule has 0 bridgehead atoms. The van der Waals surface area contributed by atoms with Gasteiger partial charge in [0, 0.05) is 62.5 Å². The van der Waals surface area contributed by atoms with Gasteiger partial charge < -0.3 is 25.0 Å². The molecule has 2 aromatic carbocycles. The van der Waals surface area contributed by atoms with Crippen LogP contribution in [0.25, 0.3) is 10.8 Å². The molecule has 0 radical (unpaired) electrons. The molecule has 2 fully saturated rings. The van der Waals surface area contributed by atoms with Crippen LogP contribution in [0.2, 0.25) is 0 Å². The van der Waals surface area contributed by atoms with Gasteiger partial charge in [0.05, 0.1) is 18.2 Å². The minimum Gasteiger partial charge on any atom is -0.508 e. The second-order valence-electron chi connectivity index (χ2n) is 10.7. The smallest absolute Gasteiger partial charge is 0.318 e. The molecule has 9 nitrogen and oxygen atoms in total. The maximum atomic E-state index is 10.7. The summed E-state index contributed by atoms with van der Waals surface area (Å²) in [6, 6.07) is 15.2. The minimum absolute atomic E-state index is 0.112. The zero-order valence-electron chi connectivity index (χ0n) is 21.9. The van der Waals surface area contributed by atoms with Gasteiger partial charge in [0.1, 0.15) is 18.2 Å². The van der Waals surface area contributed by atoms with Crippen molar-refractivity contribution in [1.29, 1.82) is 5.26 Å². The van der Waals surface area contributed by atoms with Crippen molar-refractivity contribution in [3.63, 3.8) is 0 Å². The molecule has 3 aromatic rings. The Labute approximate surface area is 223 Å². The fourth-order valence-electron chi connectivity index (χ4n) is 6.06. The first-order valence-electron chi connectivity index (χ1n) is 13.6. The zero-order chi connectivity index (χ0) is 26.1. The van der Waals surface area contributed by atoms with Gasteiger partial charge in [-0.1, -0.05) is 30.3 Å². The molecule has 198 valence electrons. The Hall–Kier alpha value is -3.45. The Morgan fingerprint density at radius 1 is 1.16 bits per heavy atom. The molecule has 6 rings (SSSR count). The zero-order valence-corrected chi connectivity index (χ0v) is 21.9. The Morgan fingerprint density at radius 3 is 2.89 bits per heavy atom. The first kappa shape index (κ1) is 24.9. The van der Waals surface area contributed by atoms with Crippen LogP contribution in [0.15, 0.2) is 36.4 Å². The normalized spacial score (nSPS) is 22.1. The van der Waals surface area contributed by atoms with Crippen LogP contribution in [0.4, 0.5) is 5.82 Å². The number of hydrogen-bond donors (Lipinski definition) is 2. The molecular weight excluding hydrogens is 478 g/mol. The molecule has 0 aliphatic carbocycles. The van der Waals surface area contributed by atoms with E-state index in [2.05, 4.69) is 45.3 Å². The lowest BCUT2D eigenvalue weighted by atomic mass is 10.0. The number of rotatable bonds is 7. The molecule has 3 aliphatic heterocycles. The molecule has 2 atom stereocenters. The van der Waals surface area contributed by atoms with Gasteiger partial charge in [-0.25, -0.2) is 0 Å². The van der Waals surface area contributed by atoms with Crippen molar-refractivity contribution in [3.8, 4) is 17.8 Å². The van der Waals surface area contributed by atoms with Crippen molar-refractivity contribution in [2.24, 2.45) is 0 Å². The monoisotopic (exact) mass is 513 g/mol. The number of piperazine rings is 1. The Kier molecular flexibility index (Phi) is 7.02. The van der Waals surface area contributed by atoms with Crippen molar-refractivity contribution >= 4 is 16.6 Å². The summed E-state index contributed by atoms with van der Waals surface area (Å²) in [4.78, 5) is 16.8. The van der Waals surface area contributed by atoms with Gasteiger partial charge in [0.25, 0.3) is 0 Å². The van der Waals surface area contributed by atoms with Gasteiger partial charge >= 0.3 is 6.01 Å². The quantitative estimate of drug-likeness (QED) is 0.494. The largest absolute Gasteiger partial charge is 0.508 e. The Bertz CT molecular complexity index is 1360. The summed E-state index contributed by atoms with van der Waals surface area (Å²) in [6.07, 6.45) is 2.79. The van der Waals surface area contributed by atoms with Gasteiger partial charge in [-0.3, -0.25) is 4.90 Å². The average Bonchev–Trinajstić information content (AvgIpc) is 3.54. The summed E-state index contributed by atoms with van der Waals surface area (Å²) >= 11 is 0. The highest BCUT2D eigenvalue weighted by Gasteiger charge is 2.31. The third-order valence-corrected chi connectivity index (χ3v) is 8.17. The molecule has 1 aromatic heterocycles. The number of hydrogen-bond acceptors (Lipinski definition) is 9. The third-order valence-electron chi connectivity index (χ3n) is 8.17. The summed E-state index contributed by atoms with van der Waals surface area (Å²) in [6.45, 7) is 6.02. The van der Waals surface area contributed by atoms with Crippen molar-refractivity contribution in [2.45, 2.75) is 51.0 Å². The molecule has 0 amide bonds. The molecule has 4 heterocycles. The number of phenols is 1. The van der Waals surface area contributed by atoms with Gasteiger partial charge in [-0.05, 0) is 43.3 Å². The lowest BCUT2D eigenvalue weighted by Gasteiger charge is -2.34. The van der Waals surface area contributed by atoms with Crippen LogP contribution in [0.1, 0.15) is 36.1 Å². The fraction of sp³-hybridized carbons (Fsp3) is 0.483. The van der Waals surface area contributed by atoms with Crippen molar-refractivity contribution in [2.75, 3.05) is 44.7 Å². The molecule has 38 heavy (non-hydrogen) atoms. The van der Waals surface area contributed by atoms with Gasteiger partial charge in [-0.15, -0.1) is 0 Å². The predicted molar refractivity (Wildman–Crippen MR) is 146 cm³/mol. The highest BCUT2D eigenvalue weighted by Crippen LogP contribution is 2.35. The van der Waals surface area contributed by atoms with E-state index in [0.29, 0.717) is 50.5 Å². The highest BCUT2D eigenvalue weighted by molar-refractivity contribution is 5.87. The van der Waals surface area contributed by atoms with Crippen LogP contribution in [-0.4, -0.2) is 76.8 Å². The van der Waals surface area contributed by atoms with Crippen LogP contribution in [-0.2, 0) is 19.6 Å². The third kappa shape index (κ3) is 4.99. The number of nitrogens with zero attached hydrogens (tertiary/aromatic N) is 6. The maximum absolute atomic E-state index is 10.7. The number of likely N-dealkylation sites (tertiary alicyclic amines) is 1. The first-order chi connectivity index (χ1) is 18.6. The lowest BCUT2D eigenvalue weighted by molar-refractivity contribution is 0.187. The Morgan fingerprint density at radius 2 is 2.05 bits per heavy atom. The summed E-state index contributed by atoms with van der Waals surface area (Å²) in [7, 11) is 2.15. The van der Waals surface area contributed by atoms with Gasteiger partial charge in [0.15, 0.2) is 0 Å². The van der Waals surface area contributed by atoms with Gasteiger partial charge in [-0.2, -0.15) is 15.2 Å². The standard InChI is InChI=1S/C29H35N7O2/c1-34-13-4-6-22(34)19-38-29-32-26-18-35(16-24-23-7-3-2-5-20(23)8-9-27(24)37)17-25(26)28(33-29)36-14-12-31-21(15-36)10-11-30/h2-3,5,7-9,21-22,31,37H,4,6,10,12-19H2,1H3/t21-,22-/m0/s1.